The van der Waals surface area contributed by atoms with Crippen LogP contribution in [0.4, 0.5) is 4.39 Å². The van der Waals surface area contributed by atoms with Gasteiger partial charge in [-0.05, 0) is 32.0 Å². The number of carboxylic acid groups (broad SMARTS) is 1. The molecule has 106 valence electrons. The Balaban J connectivity index is 3.06. The number of rotatable bonds is 5. The molecule has 0 aliphatic rings. The Morgan fingerprint density at radius 1 is 1.42 bits per heavy atom. The quantitative estimate of drug-likeness (QED) is 0.736. The second-order valence-corrected chi connectivity index (χ2v) is 6.32. The molecule has 8 heteroatoms. The summed E-state index contributed by atoms with van der Waals surface area (Å²) in [5, 5.41) is 18.1. The third-order valence-electron chi connectivity index (χ3n) is 2.16. The van der Waals surface area contributed by atoms with Crippen LogP contribution in [0, 0.1) is 5.82 Å². The Labute approximate surface area is 109 Å². The maximum Gasteiger partial charge on any atom is 0.335 e. The molecule has 0 aromatic heterocycles. The topological polar surface area (TPSA) is 104 Å². The number of halogens is 1. The van der Waals surface area contributed by atoms with Crippen molar-refractivity contribution in [3.63, 3.8) is 0 Å². The van der Waals surface area contributed by atoms with Crippen LogP contribution in [-0.4, -0.2) is 36.7 Å². The first-order chi connectivity index (χ1) is 8.53. The zero-order valence-corrected chi connectivity index (χ0v) is 11.2. The summed E-state index contributed by atoms with van der Waals surface area (Å²) in [6, 6.07) is 2.48. The molecule has 0 fully saturated rings. The highest BCUT2D eigenvalue weighted by molar-refractivity contribution is 7.89. The van der Waals surface area contributed by atoms with E-state index in [1.54, 1.807) is 0 Å². The predicted molar refractivity (Wildman–Crippen MR) is 64.8 cm³/mol. The summed E-state index contributed by atoms with van der Waals surface area (Å²) in [5.41, 5.74) is -1.64. The number of benzene rings is 1. The third-order valence-corrected chi connectivity index (χ3v) is 3.60. The number of carboxylic acids is 1. The van der Waals surface area contributed by atoms with E-state index >= 15 is 0 Å². The fourth-order valence-corrected chi connectivity index (χ4v) is 2.46. The lowest BCUT2D eigenvalue weighted by molar-refractivity contribution is 0.0696. The molecule has 0 aliphatic heterocycles. The van der Waals surface area contributed by atoms with Crippen LogP contribution in [0.3, 0.4) is 0 Å². The number of carbonyl (C=O) groups is 1. The lowest BCUT2D eigenvalue weighted by atomic mass is 10.1. The van der Waals surface area contributed by atoms with Crippen molar-refractivity contribution in [2.24, 2.45) is 0 Å². The van der Waals surface area contributed by atoms with E-state index in [9.17, 15) is 22.7 Å². The van der Waals surface area contributed by atoms with Crippen molar-refractivity contribution in [2.75, 3.05) is 6.54 Å². The van der Waals surface area contributed by atoms with Crippen LogP contribution in [0.25, 0.3) is 0 Å². The standard InChI is InChI=1S/C11H14FNO5S/c1-11(2,16)6-13-19(17,18)9-4-3-7(10(14)15)5-8(9)12/h3-5,13,16H,6H2,1-2H3,(H,14,15). The van der Waals surface area contributed by atoms with Gasteiger partial charge < -0.3 is 10.2 Å². The van der Waals surface area contributed by atoms with E-state index in [2.05, 4.69) is 0 Å². The van der Waals surface area contributed by atoms with E-state index in [4.69, 9.17) is 5.11 Å². The molecule has 19 heavy (non-hydrogen) atoms. The maximum atomic E-state index is 13.6. The summed E-state index contributed by atoms with van der Waals surface area (Å²) >= 11 is 0. The van der Waals surface area contributed by atoms with Crippen molar-refractivity contribution < 1.29 is 27.8 Å². The number of nitrogens with one attached hydrogen (secondary N) is 1. The van der Waals surface area contributed by atoms with Gasteiger partial charge in [-0.2, -0.15) is 0 Å². The molecule has 0 spiro atoms. The van der Waals surface area contributed by atoms with Gasteiger partial charge in [0.2, 0.25) is 10.0 Å². The number of hydrogen-bond donors (Lipinski definition) is 3. The monoisotopic (exact) mass is 291 g/mol. The highest BCUT2D eigenvalue weighted by Crippen LogP contribution is 2.16. The maximum absolute atomic E-state index is 13.6. The molecule has 0 saturated heterocycles. The summed E-state index contributed by atoms with van der Waals surface area (Å²) in [6.07, 6.45) is 0. The molecular formula is C11H14FNO5S. The second-order valence-electron chi connectivity index (χ2n) is 4.59. The van der Waals surface area contributed by atoms with E-state index in [1.165, 1.54) is 13.8 Å². The summed E-state index contributed by atoms with van der Waals surface area (Å²) in [7, 11) is -4.14. The van der Waals surface area contributed by atoms with Crippen molar-refractivity contribution in [1.82, 2.24) is 4.72 Å². The molecule has 3 N–H and O–H groups in total. The van der Waals surface area contributed by atoms with Crippen molar-refractivity contribution >= 4 is 16.0 Å². The van der Waals surface area contributed by atoms with Gasteiger partial charge in [-0.25, -0.2) is 22.3 Å². The summed E-state index contributed by atoms with van der Waals surface area (Å²) in [5.74, 6) is -2.52. The summed E-state index contributed by atoms with van der Waals surface area (Å²) < 4.78 is 39.2. The highest BCUT2D eigenvalue weighted by Gasteiger charge is 2.23. The summed E-state index contributed by atoms with van der Waals surface area (Å²) in [6.45, 7) is 2.48. The van der Waals surface area contributed by atoms with Gasteiger partial charge in [0.15, 0.2) is 0 Å². The number of hydrogen-bond acceptors (Lipinski definition) is 4. The first-order valence-corrected chi connectivity index (χ1v) is 6.76. The zero-order chi connectivity index (χ0) is 14.8. The van der Waals surface area contributed by atoms with Gasteiger partial charge >= 0.3 is 5.97 Å². The van der Waals surface area contributed by atoms with Crippen molar-refractivity contribution in [3.05, 3.63) is 29.6 Å². The van der Waals surface area contributed by atoms with Gasteiger partial charge in [0.1, 0.15) is 10.7 Å². The molecule has 1 aromatic rings. The lowest BCUT2D eigenvalue weighted by Gasteiger charge is -2.17. The van der Waals surface area contributed by atoms with Crippen LogP contribution in [-0.2, 0) is 10.0 Å². The molecule has 0 bridgehead atoms. The SMILES string of the molecule is CC(C)(O)CNS(=O)(=O)c1ccc(C(=O)O)cc1F. The minimum Gasteiger partial charge on any atom is -0.478 e. The van der Waals surface area contributed by atoms with Crippen LogP contribution in [0.2, 0.25) is 0 Å². The average molecular weight is 291 g/mol. The van der Waals surface area contributed by atoms with Crippen LogP contribution in [0.5, 0.6) is 0 Å². The first-order valence-electron chi connectivity index (χ1n) is 5.28. The average Bonchev–Trinajstić information content (AvgIpc) is 2.25. The van der Waals surface area contributed by atoms with E-state index in [0.717, 1.165) is 12.1 Å². The van der Waals surface area contributed by atoms with Gasteiger partial charge in [-0.15, -0.1) is 0 Å². The molecule has 1 rings (SSSR count). The van der Waals surface area contributed by atoms with Gasteiger partial charge in [0, 0.05) is 6.54 Å². The normalized spacial score (nSPS) is 12.4. The molecule has 0 amide bonds. The first kappa shape index (κ1) is 15.5. The second kappa shape index (κ2) is 5.24. The van der Waals surface area contributed by atoms with Gasteiger partial charge in [0.25, 0.3) is 0 Å². The van der Waals surface area contributed by atoms with Crippen LogP contribution >= 0.6 is 0 Å². The summed E-state index contributed by atoms with van der Waals surface area (Å²) in [4.78, 5) is 9.94. The van der Waals surface area contributed by atoms with E-state index < -0.39 is 32.3 Å². The van der Waals surface area contributed by atoms with E-state index in [0.29, 0.717) is 6.07 Å². The molecule has 1 aromatic carbocycles. The molecule has 0 heterocycles. The molecule has 6 nitrogen and oxygen atoms in total. The van der Waals surface area contributed by atoms with Crippen molar-refractivity contribution in [2.45, 2.75) is 24.3 Å². The molecular weight excluding hydrogens is 277 g/mol. The minimum absolute atomic E-state index is 0.296. The van der Waals surface area contributed by atoms with Gasteiger partial charge in [0.05, 0.1) is 11.2 Å². The van der Waals surface area contributed by atoms with Crippen molar-refractivity contribution in [1.29, 1.82) is 0 Å². The Hall–Kier alpha value is -1.51. The molecule has 0 aliphatic carbocycles. The lowest BCUT2D eigenvalue weighted by Crippen LogP contribution is -2.38. The van der Waals surface area contributed by atoms with Gasteiger partial charge in [-0.1, -0.05) is 0 Å². The Kier molecular flexibility index (Phi) is 4.28. The highest BCUT2D eigenvalue weighted by atomic mass is 32.2. The van der Waals surface area contributed by atoms with E-state index in [-0.39, 0.29) is 12.1 Å². The molecule has 0 radical (unpaired) electrons. The van der Waals surface area contributed by atoms with Crippen LogP contribution in [0.1, 0.15) is 24.2 Å². The van der Waals surface area contributed by atoms with Crippen LogP contribution < -0.4 is 4.72 Å². The Morgan fingerprint density at radius 3 is 2.42 bits per heavy atom. The smallest absolute Gasteiger partial charge is 0.335 e. The minimum atomic E-state index is -4.14. The Morgan fingerprint density at radius 2 is 2.00 bits per heavy atom. The third kappa shape index (κ3) is 4.27. The number of aliphatic hydroxyl groups is 1. The molecule has 0 saturated carbocycles. The van der Waals surface area contributed by atoms with Crippen molar-refractivity contribution in [3.8, 4) is 0 Å². The Bertz CT molecular complexity index is 592. The number of sulfonamides is 1. The van der Waals surface area contributed by atoms with Gasteiger partial charge in [-0.3, -0.25) is 0 Å². The molecule has 0 atom stereocenters. The largest absolute Gasteiger partial charge is 0.478 e. The number of aromatic carboxylic acids is 1. The zero-order valence-electron chi connectivity index (χ0n) is 10.3. The predicted octanol–water partition coefficient (Wildman–Crippen LogP) is 0.573. The van der Waals surface area contributed by atoms with Crippen LogP contribution in [0.15, 0.2) is 23.1 Å². The van der Waals surface area contributed by atoms with E-state index in [1.807, 2.05) is 4.72 Å². The fraction of sp³-hybridized carbons (Fsp3) is 0.364. The molecule has 0 unspecified atom stereocenters. The fourth-order valence-electron chi connectivity index (χ4n) is 1.20.